The Balaban J connectivity index is 0.00000196. The summed E-state index contributed by atoms with van der Waals surface area (Å²) in [7, 11) is 0. The van der Waals surface area contributed by atoms with Crippen molar-refractivity contribution in [3.05, 3.63) is 28.6 Å². The van der Waals surface area contributed by atoms with Crippen molar-refractivity contribution in [1.29, 1.82) is 0 Å². The number of amides is 2. The lowest BCUT2D eigenvalue weighted by molar-refractivity contribution is -0.134. The Kier molecular flexibility index (Phi) is 11.0. The Morgan fingerprint density at radius 3 is 2.82 bits per heavy atom. The molecule has 2 aromatic heterocycles. The maximum atomic E-state index is 12.8. The van der Waals surface area contributed by atoms with Gasteiger partial charge in [-0.05, 0) is 30.7 Å². The molecule has 0 aliphatic carbocycles. The number of nitrogens with zero attached hydrogens (tertiary/aromatic N) is 2. The van der Waals surface area contributed by atoms with Crippen LogP contribution >= 0.6 is 47.5 Å². The molecule has 0 bridgehead atoms. The summed E-state index contributed by atoms with van der Waals surface area (Å²) >= 11 is 3.23. The van der Waals surface area contributed by atoms with Crippen molar-refractivity contribution in [2.24, 2.45) is 5.73 Å². The van der Waals surface area contributed by atoms with Crippen molar-refractivity contribution in [3.63, 3.8) is 0 Å². The summed E-state index contributed by atoms with van der Waals surface area (Å²) in [5, 5.41) is 7.86. The predicted molar refractivity (Wildman–Crippen MR) is 120 cm³/mol. The molecule has 1 fully saturated rings. The predicted octanol–water partition coefficient (Wildman–Crippen LogP) is 3.10. The fourth-order valence-corrected chi connectivity index (χ4v) is 4.78. The van der Waals surface area contributed by atoms with Gasteiger partial charge in [0.25, 0.3) is 0 Å². The van der Waals surface area contributed by atoms with E-state index in [-0.39, 0.29) is 42.7 Å². The number of rotatable bonds is 7. The van der Waals surface area contributed by atoms with Crippen molar-refractivity contribution in [2.75, 3.05) is 19.6 Å². The highest BCUT2D eigenvalue weighted by molar-refractivity contribution is 7.20. The number of carbonyl (C=O) groups excluding carboxylic acids is 2. The van der Waals surface area contributed by atoms with Crippen LogP contribution in [0.15, 0.2) is 22.9 Å². The zero-order valence-corrected chi connectivity index (χ0v) is 18.7. The maximum Gasteiger partial charge on any atom is 0.228 e. The monoisotopic (exact) mass is 464 g/mol. The van der Waals surface area contributed by atoms with Crippen LogP contribution in [0.1, 0.15) is 31.4 Å². The molecule has 0 saturated carbocycles. The first-order valence-electron chi connectivity index (χ1n) is 8.92. The first-order chi connectivity index (χ1) is 12.7. The van der Waals surface area contributed by atoms with Crippen LogP contribution in [0.3, 0.4) is 0 Å². The summed E-state index contributed by atoms with van der Waals surface area (Å²) in [5.74, 6) is 0.0383. The summed E-state index contributed by atoms with van der Waals surface area (Å²) in [4.78, 5) is 32.1. The van der Waals surface area contributed by atoms with E-state index < -0.39 is 0 Å². The molecule has 0 spiro atoms. The molecule has 10 heteroatoms. The Morgan fingerprint density at radius 2 is 2.11 bits per heavy atom. The molecule has 0 radical (unpaired) electrons. The van der Waals surface area contributed by atoms with Gasteiger partial charge in [0.15, 0.2) is 0 Å². The molecule has 1 atom stereocenters. The van der Waals surface area contributed by atoms with Crippen LogP contribution in [0.2, 0.25) is 0 Å². The van der Waals surface area contributed by atoms with Gasteiger partial charge >= 0.3 is 0 Å². The molecule has 1 saturated heterocycles. The van der Waals surface area contributed by atoms with Gasteiger partial charge < -0.3 is 16.0 Å². The molecule has 28 heavy (non-hydrogen) atoms. The minimum Gasteiger partial charge on any atom is -0.354 e. The zero-order valence-electron chi connectivity index (χ0n) is 15.5. The van der Waals surface area contributed by atoms with Crippen LogP contribution in [0.5, 0.6) is 0 Å². The second kappa shape index (κ2) is 12.4. The van der Waals surface area contributed by atoms with E-state index in [1.807, 2.05) is 27.8 Å². The normalized spacial score (nSPS) is 16.0. The number of halogens is 2. The first kappa shape index (κ1) is 24.8. The number of hydrogen-bond donors (Lipinski definition) is 2. The highest BCUT2D eigenvalue weighted by Gasteiger charge is 2.27. The summed E-state index contributed by atoms with van der Waals surface area (Å²) in [5.41, 5.74) is 6.23. The van der Waals surface area contributed by atoms with Crippen LogP contribution in [-0.4, -0.2) is 47.4 Å². The molecule has 3 heterocycles. The molecule has 1 aliphatic heterocycles. The van der Waals surface area contributed by atoms with Gasteiger partial charge in [-0.3, -0.25) is 9.59 Å². The molecule has 3 rings (SSSR count). The summed E-state index contributed by atoms with van der Waals surface area (Å²) in [6, 6.07) is 4.11. The van der Waals surface area contributed by atoms with E-state index in [0.717, 1.165) is 41.4 Å². The van der Waals surface area contributed by atoms with Gasteiger partial charge in [-0.15, -0.1) is 47.5 Å². The molecular weight excluding hydrogens is 439 g/mol. The molecule has 1 aliphatic rings. The van der Waals surface area contributed by atoms with Crippen molar-refractivity contribution in [2.45, 2.75) is 38.1 Å². The quantitative estimate of drug-likeness (QED) is 0.658. The van der Waals surface area contributed by atoms with Gasteiger partial charge in [0.05, 0.1) is 17.0 Å². The van der Waals surface area contributed by atoms with E-state index >= 15 is 0 Å². The van der Waals surface area contributed by atoms with Crippen molar-refractivity contribution in [1.82, 2.24) is 15.2 Å². The van der Waals surface area contributed by atoms with Crippen LogP contribution in [0.4, 0.5) is 0 Å². The smallest absolute Gasteiger partial charge is 0.228 e. The number of nitrogens with one attached hydrogen (secondary N) is 1. The minimum absolute atomic E-state index is 0. The third-order valence-corrected chi connectivity index (χ3v) is 6.40. The molecule has 2 aromatic rings. The van der Waals surface area contributed by atoms with Crippen molar-refractivity contribution in [3.8, 4) is 9.88 Å². The fraction of sp³-hybridized carbons (Fsp3) is 0.500. The summed E-state index contributed by atoms with van der Waals surface area (Å²) in [6.45, 7) is 1.59. The highest BCUT2D eigenvalue weighted by atomic mass is 35.5. The molecule has 0 aromatic carbocycles. The Morgan fingerprint density at radius 1 is 1.29 bits per heavy atom. The lowest BCUT2D eigenvalue weighted by Crippen LogP contribution is -2.50. The largest absolute Gasteiger partial charge is 0.354 e. The third-order valence-electron chi connectivity index (χ3n) is 4.47. The fourth-order valence-electron chi connectivity index (χ4n) is 3.15. The molecule has 2 amide bonds. The van der Waals surface area contributed by atoms with E-state index in [1.54, 1.807) is 22.7 Å². The van der Waals surface area contributed by atoms with Crippen LogP contribution in [0, 0.1) is 0 Å². The Labute approximate surface area is 185 Å². The standard InChI is InChI=1S/C18H24N4O2S2.2ClH/c19-7-6-16(23)20-11-14-4-1-2-8-22(14)17(24)10-13-12-26-18(21-13)15-5-3-9-25-15;;/h3,5,9,12,14H,1-2,4,6-8,10-11,19H2,(H,20,23);2*1H. The van der Waals surface area contributed by atoms with Crippen molar-refractivity contribution < 1.29 is 9.59 Å². The average Bonchev–Trinajstić information content (AvgIpc) is 3.32. The second-order valence-corrected chi connectivity index (χ2v) is 8.18. The first-order valence-corrected chi connectivity index (χ1v) is 10.7. The van der Waals surface area contributed by atoms with Gasteiger partial charge in [0, 0.05) is 37.5 Å². The van der Waals surface area contributed by atoms with E-state index in [2.05, 4.69) is 10.3 Å². The van der Waals surface area contributed by atoms with E-state index in [9.17, 15) is 9.59 Å². The molecule has 3 N–H and O–H groups in total. The number of hydrogen-bond acceptors (Lipinski definition) is 6. The Hall–Kier alpha value is -1.19. The minimum atomic E-state index is -0.0504. The van der Waals surface area contributed by atoms with Gasteiger partial charge in [-0.25, -0.2) is 4.98 Å². The number of likely N-dealkylation sites (tertiary alicyclic amines) is 1. The topological polar surface area (TPSA) is 88.3 Å². The number of carbonyl (C=O) groups is 2. The number of aromatic nitrogens is 1. The van der Waals surface area contributed by atoms with Gasteiger partial charge in [-0.1, -0.05) is 6.07 Å². The van der Waals surface area contributed by atoms with Crippen molar-refractivity contribution >= 4 is 59.3 Å². The Bertz CT molecular complexity index is 740. The van der Waals surface area contributed by atoms with Gasteiger partial charge in [0.2, 0.25) is 11.8 Å². The maximum absolute atomic E-state index is 12.8. The number of thiazole rings is 1. The second-order valence-electron chi connectivity index (χ2n) is 6.38. The number of piperidine rings is 1. The molecular formula is C18H26Cl2N4O2S2. The lowest BCUT2D eigenvalue weighted by Gasteiger charge is -2.36. The lowest BCUT2D eigenvalue weighted by atomic mass is 10.0. The molecule has 1 unspecified atom stereocenters. The van der Waals surface area contributed by atoms with E-state index in [0.29, 0.717) is 25.9 Å². The SMILES string of the molecule is Cl.Cl.NCCC(=O)NCC1CCCCN1C(=O)Cc1csc(-c2cccs2)n1. The van der Waals surface area contributed by atoms with Gasteiger partial charge in [0.1, 0.15) is 5.01 Å². The van der Waals surface area contributed by atoms with Crippen LogP contribution in [0.25, 0.3) is 9.88 Å². The highest BCUT2D eigenvalue weighted by Crippen LogP contribution is 2.28. The third kappa shape index (κ3) is 6.70. The average molecular weight is 465 g/mol. The molecule has 156 valence electrons. The zero-order chi connectivity index (χ0) is 18.4. The van der Waals surface area contributed by atoms with E-state index in [1.165, 1.54) is 0 Å². The van der Waals surface area contributed by atoms with Gasteiger partial charge in [-0.2, -0.15) is 0 Å². The molecule has 6 nitrogen and oxygen atoms in total. The van der Waals surface area contributed by atoms with Crippen LogP contribution in [-0.2, 0) is 16.0 Å². The number of thiophene rings is 1. The van der Waals surface area contributed by atoms with E-state index in [4.69, 9.17) is 5.73 Å². The summed E-state index contributed by atoms with van der Waals surface area (Å²) in [6.07, 6.45) is 3.66. The number of nitrogens with two attached hydrogens (primary N) is 1. The summed E-state index contributed by atoms with van der Waals surface area (Å²) < 4.78 is 0. The van der Waals surface area contributed by atoms with Crippen LogP contribution < -0.4 is 11.1 Å².